The quantitative estimate of drug-likeness (QED) is 0.757. The Bertz CT molecular complexity index is 761. The topological polar surface area (TPSA) is 38.3 Å². The van der Waals surface area contributed by atoms with E-state index in [1.807, 2.05) is 13.8 Å². The average molecular weight is 283 g/mol. The van der Waals surface area contributed by atoms with Crippen molar-refractivity contribution in [2.24, 2.45) is 0 Å². The van der Waals surface area contributed by atoms with Gasteiger partial charge in [-0.3, -0.25) is 0 Å². The fourth-order valence-electron chi connectivity index (χ4n) is 3.66. The highest BCUT2D eigenvalue weighted by Crippen LogP contribution is 2.37. The van der Waals surface area contributed by atoms with Crippen molar-refractivity contribution in [1.29, 1.82) is 0 Å². The second kappa shape index (κ2) is 4.63. The van der Waals surface area contributed by atoms with E-state index in [0.717, 1.165) is 35.7 Å². The van der Waals surface area contributed by atoms with Gasteiger partial charge >= 0.3 is 0 Å². The van der Waals surface area contributed by atoms with Crippen molar-refractivity contribution in [2.75, 3.05) is 6.54 Å². The summed E-state index contributed by atoms with van der Waals surface area (Å²) in [6.07, 6.45) is 3.52. The van der Waals surface area contributed by atoms with Crippen LogP contribution in [0.25, 0.3) is 21.9 Å². The van der Waals surface area contributed by atoms with Gasteiger partial charge in [-0.2, -0.15) is 0 Å². The van der Waals surface area contributed by atoms with Crippen LogP contribution in [0.1, 0.15) is 35.5 Å². The molecule has 0 spiro atoms. The second-order valence-electron chi connectivity index (χ2n) is 6.30. The normalized spacial score (nSPS) is 19.1. The lowest BCUT2D eigenvalue weighted by atomic mass is 9.96. The molecule has 4 rings (SSSR count). The lowest BCUT2D eigenvalue weighted by Gasteiger charge is -2.12. The van der Waals surface area contributed by atoms with Gasteiger partial charge < -0.3 is 14.2 Å². The number of hydrogen-bond donors (Lipinski definition) is 1. The van der Waals surface area contributed by atoms with Crippen LogP contribution < -0.4 is 5.32 Å². The first-order valence-corrected chi connectivity index (χ1v) is 7.78. The molecule has 3 aromatic rings. The molecule has 0 bridgehead atoms. The van der Waals surface area contributed by atoms with Crippen LogP contribution in [-0.2, 0) is 6.42 Å². The predicted octanol–water partition coefficient (Wildman–Crippen LogP) is 4.40. The molecule has 1 aliphatic rings. The van der Waals surface area contributed by atoms with E-state index in [-0.39, 0.29) is 0 Å². The number of nitrogens with one attached hydrogen (secondary N) is 1. The minimum Gasteiger partial charge on any atom is -0.461 e. The lowest BCUT2D eigenvalue weighted by Crippen LogP contribution is -2.23. The van der Waals surface area contributed by atoms with Crippen LogP contribution in [0.5, 0.6) is 0 Å². The van der Waals surface area contributed by atoms with Crippen molar-refractivity contribution in [3.8, 4) is 0 Å². The molecule has 110 valence electrons. The number of aryl methyl sites for hydroxylation is 3. The smallest absolute Gasteiger partial charge is 0.138 e. The van der Waals surface area contributed by atoms with E-state index >= 15 is 0 Å². The van der Waals surface area contributed by atoms with Gasteiger partial charge in [-0.1, -0.05) is 0 Å². The Kier molecular flexibility index (Phi) is 2.86. The molecule has 1 saturated heterocycles. The second-order valence-corrected chi connectivity index (χ2v) is 6.30. The van der Waals surface area contributed by atoms with E-state index in [0.29, 0.717) is 6.04 Å². The molecule has 1 fully saturated rings. The summed E-state index contributed by atoms with van der Waals surface area (Å²) < 4.78 is 12.0. The molecule has 1 N–H and O–H groups in total. The van der Waals surface area contributed by atoms with Crippen molar-refractivity contribution in [3.05, 3.63) is 34.8 Å². The largest absolute Gasteiger partial charge is 0.461 e. The monoisotopic (exact) mass is 283 g/mol. The third-order valence-corrected chi connectivity index (χ3v) is 4.67. The van der Waals surface area contributed by atoms with Gasteiger partial charge in [0.25, 0.3) is 0 Å². The Balaban J connectivity index is 2.00. The van der Waals surface area contributed by atoms with Crippen LogP contribution in [0.3, 0.4) is 0 Å². The molecule has 3 heterocycles. The van der Waals surface area contributed by atoms with Crippen LogP contribution in [-0.4, -0.2) is 12.6 Å². The van der Waals surface area contributed by atoms with Gasteiger partial charge in [0.2, 0.25) is 0 Å². The van der Waals surface area contributed by atoms with Gasteiger partial charge in [-0.25, -0.2) is 0 Å². The number of fused-ring (bicyclic) bond motifs is 2. The van der Waals surface area contributed by atoms with Gasteiger partial charge in [0.15, 0.2) is 0 Å². The fourth-order valence-corrected chi connectivity index (χ4v) is 3.66. The van der Waals surface area contributed by atoms with Crippen molar-refractivity contribution in [2.45, 2.75) is 46.1 Å². The summed E-state index contributed by atoms with van der Waals surface area (Å²) in [6, 6.07) is 4.84. The first-order valence-electron chi connectivity index (χ1n) is 7.78. The predicted molar refractivity (Wildman–Crippen MR) is 84.9 cm³/mol. The number of benzene rings is 1. The fraction of sp³-hybridized carbons (Fsp3) is 0.444. The molecule has 0 saturated carbocycles. The first-order chi connectivity index (χ1) is 10.1. The van der Waals surface area contributed by atoms with Gasteiger partial charge in [-0.05, 0) is 58.7 Å². The zero-order chi connectivity index (χ0) is 14.6. The average Bonchev–Trinajstić information content (AvgIpc) is 3.13. The molecule has 2 aromatic heterocycles. The zero-order valence-electron chi connectivity index (χ0n) is 12.9. The highest BCUT2D eigenvalue weighted by molar-refractivity contribution is 6.01. The summed E-state index contributed by atoms with van der Waals surface area (Å²) in [7, 11) is 0. The number of furan rings is 2. The Hall–Kier alpha value is -1.74. The Morgan fingerprint density at radius 3 is 2.48 bits per heavy atom. The van der Waals surface area contributed by atoms with E-state index in [2.05, 4.69) is 24.4 Å². The third-order valence-electron chi connectivity index (χ3n) is 4.67. The molecule has 3 heteroatoms. The highest BCUT2D eigenvalue weighted by Gasteiger charge is 2.22. The third kappa shape index (κ3) is 1.99. The molecular weight excluding hydrogens is 262 g/mol. The zero-order valence-corrected chi connectivity index (χ0v) is 12.9. The van der Waals surface area contributed by atoms with Crippen molar-refractivity contribution in [3.63, 3.8) is 0 Å². The van der Waals surface area contributed by atoms with E-state index in [1.165, 1.54) is 34.7 Å². The first kappa shape index (κ1) is 13.0. The van der Waals surface area contributed by atoms with Gasteiger partial charge in [0, 0.05) is 27.9 Å². The summed E-state index contributed by atoms with van der Waals surface area (Å²) in [5.41, 5.74) is 4.56. The highest BCUT2D eigenvalue weighted by atomic mass is 16.3. The minimum atomic E-state index is 0.555. The molecule has 0 radical (unpaired) electrons. The standard InChI is InChI=1S/C18H21NO2/c1-10-7-14-12(3)17-15(8-11(2)20-17)16(18(14)21-10)9-13-5-4-6-19-13/h7-8,13,19H,4-6,9H2,1-3H3. The SMILES string of the molecule is Cc1cc2c(CC3CCCN3)c3oc(C)cc3c(C)c2o1. The summed E-state index contributed by atoms with van der Waals surface area (Å²) in [5, 5.41) is 6.01. The summed E-state index contributed by atoms with van der Waals surface area (Å²) in [5.74, 6) is 1.94. The van der Waals surface area contributed by atoms with E-state index in [9.17, 15) is 0 Å². The van der Waals surface area contributed by atoms with Crippen LogP contribution >= 0.6 is 0 Å². The Morgan fingerprint density at radius 2 is 1.76 bits per heavy atom. The molecular formula is C18H21NO2. The molecule has 1 aromatic carbocycles. The lowest BCUT2D eigenvalue weighted by molar-refractivity contribution is 0.561. The van der Waals surface area contributed by atoms with Crippen LogP contribution in [0.2, 0.25) is 0 Å². The Labute approximate surface area is 124 Å². The molecule has 1 atom stereocenters. The maximum Gasteiger partial charge on any atom is 0.138 e. The Morgan fingerprint density at radius 1 is 1.05 bits per heavy atom. The van der Waals surface area contributed by atoms with Crippen LogP contribution in [0.4, 0.5) is 0 Å². The van der Waals surface area contributed by atoms with Gasteiger partial charge in [0.05, 0.1) is 0 Å². The maximum absolute atomic E-state index is 6.04. The van der Waals surface area contributed by atoms with E-state index in [1.54, 1.807) is 0 Å². The maximum atomic E-state index is 6.04. The summed E-state index contributed by atoms with van der Waals surface area (Å²) in [6.45, 7) is 7.29. The van der Waals surface area contributed by atoms with Crippen LogP contribution in [0, 0.1) is 20.8 Å². The molecule has 0 amide bonds. The molecule has 3 nitrogen and oxygen atoms in total. The molecule has 0 aliphatic carbocycles. The number of rotatable bonds is 2. The summed E-state index contributed by atoms with van der Waals surface area (Å²) >= 11 is 0. The van der Waals surface area contributed by atoms with Crippen molar-refractivity contribution < 1.29 is 8.83 Å². The van der Waals surface area contributed by atoms with Crippen molar-refractivity contribution >= 4 is 21.9 Å². The van der Waals surface area contributed by atoms with E-state index < -0.39 is 0 Å². The van der Waals surface area contributed by atoms with Gasteiger partial charge in [0.1, 0.15) is 22.7 Å². The molecule has 1 unspecified atom stereocenters. The molecule has 21 heavy (non-hydrogen) atoms. The van der Waals surface area contributed by atoms with E-state index in [4.69, 9.17) is 8.83 Å². The molecule has 1 aliphatic heterocycles. The minimum absolute atomic E-state index is 0.555. The summed E-state index contributed by atoms with van der Waals surface area (Å²) in [4.78, 5) is 0. The number of hydrogen-bond acceptors (Lipinski definition) is 3. The van der Waals surface area contributed by atoms with Crippen LogP contribution in [0.15, 0.2) is 21.0 Å². The van der Waals surface area contributed by atoms with Crippen molar-refractivity contribution in [1.82, 2.24) is 5.32 Å². The van der Waals surface area contributed by atoms with Gasteiger partial charge in [-0.15, -0.1) is 0 Å².